The van der Waals surface area contributed by atoms with Crippen molar-refractivity contribution in [2.45, 2.75) is 12.5 Å². The van der Waals surface area contributed by atoms with Crippen LogP contribution in [0.4, 0.5) is 0 Å². The van der Waals surface area contributed by atoms with E-state index in [4.69, 9.17) is 18.9 Å². The lowest BCUT2D eigenvalue weighted by molar-refractivity contribution is -0.136. The number of esters is 1. The summed E-state index contributed by atoms with van der Waals surface area (Å²) in [6.45, 7) is 2.02. The number of aliphatic hydroxyl groups is 1. The number of carbonyl (C=O) groups excluding carboxylic acids is 2. The molecule has 2 N–H and O–H groups in total. The van der Waals surface area contributed by atoms with Crippen LogP contribution in [0, 0.1) is 6.92 Å². The van der Waals surface area contributed by atoms with Crippen LogP contribution in [0.1, 0.15) is 16.7 Å². The highest BCUT2D eigenvalue weighted by atomic mass is 16.5. The third kappa shape index (κ3) is 5.29. The fraction of sp³-hybridized carbons (Fsp3) is 0.241. The zero-order valence-electron chi connectivity index (χ0n) is 21.2. The highest BCUT2D eigenvalue weighted by Crippen LogP contribution is 2.35. The molecule has 1 amide bonds. The van der Waals surface area contributed by atoms with Crippen LogP contribution < -0.4 is 19.5 Å². The fourth-order valence-electron chi connectivity index (χ4n) is 4.25. The van der Waals surface area contributed by atoms with Crippen LogP contribution in [0.15, 0.2) is 72.3 Å². The summed E-state index contributed by atoms with van der Waals surface area (Å²) in [4.78, 5) is 24.9. The Morgan fingerprint density at radius 2 is 1.57 bits per heavy atom. The van der Waals surface area contributed by atoms with Crippen LogP contribution in [0.5, 0.6) is 17.2 Å². The minimum absolute atomic E-state index is 0.0731. The first kappa shape index (κ1) is 25.8. The smallest absolute Gasteiger partial charge is 0.331 e. The summed E-state index contributed by atoms with van der Waals surface area (Å²) in [5.41, 5.74) is 1.84. The summed E-state index contributed by atoms with van der Waals surface area (Å²) in [7, 11) is 4.73. The van der Waals surface area contributed by atoms with Gasteiger partial charge in [0.1, 0.15) is 23.9 Å². The predicted molar refractivity (Wildman–Crippen MR) is 138 cm³/mol. The zero-order chi connectivity index (χ0) is 26.6. The van der Waals surface area contributed by atoms with E-state index in [1.54, 1.807) is 57.7 Å². The van der Waals surface area contributed by atoms with Crippen LogP contribution in [0.3, 0.4) is 0 Å². The average molecular weight is 504 g/mol. The Morgan fingerprint density at radius 1 is 0.919 bits per heavy atom. The fourth-order valence-corrected chi connectivity index (χ4v) is 4.25. The number of hydrogen-bond acceptors (Lipinski definition) is 7. The SMILES string of the molecule is COc1cc(OC)cc(-c2ccc(C(O)(C(=O)NCC3=CC(=O)OC3)c3ccc(OC)c(C)c3)cc2)c1. The van der Waals surface area contributed by atoms with Crippen LogP contribution >= 0.6 is 0 Å². The first-order valence-electron chi connectivity index (χ1n) is 11.6. The number of aryl methyl sites for hydroxylation is 1. The van der Waals surface area contributed by atoms with Gasteiger partial charge in [0.25, 0.3) is 5.91 Å². The first-order chi connectivity index (χ1) is 17.8. The van der Waals surface area contributed by atoms with Gasteiger partial charge in [-0.25, -0.2) is 4.79 Å². The maximum atomic E-state index is 13.5. The topological polar surface area (TPSA) is 103 Å². The van der Waals surface area contributed by atoms with Gasteiger partial charge in [0, 0.05) is 18.7 Å². The van der Waals surface area contributed by atoms with Crippen molar-refractivity contribution in [3.05, 3.63) is 89.0 Å². The molecule has 1 heterocycles. The third-order valence-electron chi connectivity index (χ3n) is 6.33. The molecule has 8 nitrogen and oxygen atoms in total. The van der Waals surface area contributed by atoms with E-state index >= 15 is 0 Å². The number of nitrogens with one attached hydrogen (secondary N) is 1. The van der Waals surface area contributed by atoms with Crippen molar-refractivity contribution in [1.29, 1.82) is 0 Å². The van der Waals surface area contributed by atoms with Crippen molar-refractivity contribution < 1.29 is 33.6 Å². The minimum atomic E-state index is -2.01. The van der Waals surface area contributed by atoms with Crippen molar-refractivity contribution in [3.8, 4) is 28.4 Å². The van der Waals surface area contributed by atoms with Crippen LogP contribution in [0.25, 0.3) is 11.1 Å². The van der Waals surface area contributed by atoms with E-state index in [-0.39, 0.29) is 13.2 Å². The van der Waals surface area contributed by atoms with Crippen LogP contribution in [-0.4, -0.2) is 51.5 Å². The molecule has 0 aromatic heterocycles. The quantitative estimate of drug-likeness (QED) is 0.431. The summed E-state index contributed by atoms with van der Waals surface area (Å²) < 4.78 is 21.0. The molecular formula is C29H29NO7. The second-order valence-corrected chi connectivity index (χ2v) is 8.67. The van der Waals surface area contributed by atoms with E-state index in [0.29, 0.717) is 33.9 Å². The lowest BCUT2D eigenvalue weighted by Crippen LogP contribution is -2.46. The molecule has 192 valence electrons. The van der Waals surface area contributed by atoms with Gasteiger partial charge in [0.15, 0.2) is 5.60 Å². The Hall–Kier alpha value is -4.30. The van der Waals surface area contributed by atoms with Crippen LogP contribution in [-0.2, 0) is 19.9 Å². The molecule has 0 fully saturated rings. The molecule has 0 saturated heterocycles. The van der Waals surface area contributed by atoms with E-state index in [9.17, 15) is 14.7 Å². The number of cyclic esters (lactones) is 1. The van der Waals surface area contributed by atoms with Gasteiger partial charge >= 0.3 is 5.97 Å². The van der Waals surface area contributed by atoms with Crippen LogP contribution in [0.2, 0.25) is 0 Å². The van der Waals surface area contributed by atoms with Gasteiger partial charge in [-0.1, -0.05) is 30.3 Å². The number of benzene rings is 3. The minimum Gasteiger partial charge on any atom is -0.497 e. The van der Waals surface area contributed by atoms with Crippen molar-refractivity contribution >= 4 is 11.9 Å². The molecule has 0 aliphatic carbocycles. The van der Waals surface area contributed by atoms with Crippen molar-refractivity contribution in [3.63, 3.8) is 0 Å². The van der Waals surface area contributed by atoms with Gasteiger partial charge in [-0.05, 0) is 64.6 Å². The highest BCUT2D eigenvalue weighted by molar-refractivity contribution is 5.91. The summed E-state index contributed by atoms with van der Waals surface area (Å²) in [5.74, 6) is 0.849. The molecule has 37 heavy (non-hydrogen) atoms. The van der Waals surface area contributed by atoms with E-state index < -0.39 is 17.5 Å². The Bertz CT molecular complexity index is 1320. The standard InChI is InChI=1S/C29H29NO7/c1-18-11-23(9-10-26(18)36-4)29(33,28(32)30-16-19-12-27(31)37-17-19)22-7-5-20(6-8-22)21-13-24(34-2)15-25(14-21)35-3/h5-15,33H,16-17H2,1-4H3,(H,30,32). The third-order valence-corrected chi connectivity index (χ3v) is 6.33. The van der Waals surface area contributed by atoms with Gasteiger partial charge in [-0.2, -0.15) is 0 Å². The van der Waals surface area contributed by atoms with Crippen molar-refractivity contribution in [2.24, 2.45) is 0 Å². The molecule has 4 rings (SSSR count). The monoisotopic (exact) mass is 503 g/mol. The molecule has 0 bridgehead atoms. The van der Waals surface area contributed by atoms with Crippen molar-refractivity contribution in [1.82, 2.24) is 5.32 Å². The number of rotatable bonds is 9. The summed E-state index contributed by atoms with van der Waals surface area (Å²) in [5, 5.41) is 14.7. The number of ether oxygens (including phenoxy) is 4. The second-order valence-electron chi connectivity index (χ2n) is 8.67. The van der Waals surface area contributed by atoms with Gasteiger partial charge in [0.05, 0.1) is 21.3 Å². The molecule has 8 heteroatoms. The first-order valence-corrected chi connectivity index (χ1v) is 11.6. The molecule has 1 aliphatic rings. The molecule has 1 unspecified atom stereocenters. The van der Waals surface area contributed by atoms with Gasteiger partial charge in [-0.3, -0.25) is 4.79 Å². The maximum Gasteiger partial charge on any atom is 0.331 e. The Morgan fingerprint density at radius 3 is 2.11 bits per heavy atom. The number of carbonyl (C=O) groups is 2. The normalized spacial score (nSPS) is 14.3. The highest BCUT2D eigenvalue weighted by Gasteiger charge is 2.40. The van der Waals surface area contributed by atoms with E-state index in [1.807, 2.05) is 31.2 Å². The van der Waals surface area contributed by atoms with Crippen molar-refractivity contribution in [2.75, 3.05) is 34.5 Å². The zero-order valence-corrected chi connectivity index (χ0v) is 21.2. The largest absolute Gasteiger partial charge is 0.497 e. The van der Waals surface area contributed by atoms with Gasteiger partial charge in [0.2, 0.25) is 0 Å². The van der Waals surface area contributed by atoms with Gasteiger partial charge in [-0.15, -0.1) is 0 Å². The number of methoxy groups -OCH3 is 3. The number of amides is 1. The summed E-state index contributed by atoms with van der Waals surface area (Å²) in [6, 6.07) is 17.7. The van der Waals surface area contributed by atoms with E-state index in [1.165, 1.54) is 6.08 Å². The predicted octanol–water partition coefficient (Wildman–Crippen LogP) is 3.52. The van der Waals surface area contributed by atoms with E-state index in [0.717, 1.165) is 16.7 Å². The molecule has 1 atom stereocenters. The average Bonchev–Trinajstić information content (AvgIpc) is 3.35. The Labute approximate surface area is 215 Å². The summed E-state index contributed by atoms with van der Waals surface area (Å²) >= 11 is 0. The molecule has 3 aromatic carbocycles. The molecular weight excluding hydrogens is 474 g/mol. The number of hydrogen-bond donors (Lipinski definition) is 2. The molecule has 3 aromatic rings. The van der Waals surface area contributed by atoms with E-state index in [2.05, 4.69) is 5.32 Å². The van der Waals surface area contributed by atoms with Gasteiger partial charge < -0.3 is 29.4 Å². The Balaban J connectivity index is 1.72. The molecule has 1 aliphatic heterocycles. The second kappa shape index (κ2) is 10.8. The Kier molecular flexibility index (Phi) is 7.50. The molecule has 0 saturated carbocycles. The summed E-state index contributed by atoms with van der Waals surface area (Å²) in [6.07, 6.45) is 1.34. The molecule has 0 radical (unpaired) electrons. The lowest BCUT2D eigenvalue weighted by Gasteiger charge is -2.29. The molecule has 0 spiro atoms. The lowest BCUT2D eigenvalue weighted by atomic mass is 9.84. The maximum absolute atomic E-state index is 13.5.